The minimum Gasteiger partial charge on any atom is -0.347 e. The summed E-state index contributed by atoms with van der Waals surface area (Å²) in [6.45, 7) is 2.45. The molecular formula is C14H16Cl2N2O3. The van der Waals surface area contributed by atoms with E-state index in [1.54, 1.807) is 23.1 Å². The van der Waals surface area contributed by atoms with Gasteiger partial charge < -0.3 is 19.7 Å². The number of nitrogens with zero attached hydrogens (tertiary/aromatic N) is 1. The average Bonchev–Trinajstić information content (AvgIpc) is 2.91. The number of carbonyl (C=O) groups excluding carboxylic acids is 1. The van der Waals surface area contributed by atoms with E-state index in [0.29, 0.717) is 54.9 Å². The van der Waals surface area contributed by atoms with E-state index in [9.17, 15) is 4.79 Å². The third-order valence-electron chi connectivity index (χ3n) is 3.80. The van der Waals surface area contributed by atoms with E-state index >= 15 is 0 Å². The van der Waals surface area contributed by atoms with E-state index in [4.69, 9.17) is 32.7 Å². The molecule has 1 aromatic rings. The number of hydrogen-bond donors (Lipinski definition) is 1. The van der Waals surface area contributed by atoms with Crippen LogP contribution >= 0.6 is 23.2 Å². The lowest BCUT2D eigenvalue weighted by molar-refractivity contribution is -0.181. The second kappa shape index (κ2) is 6.01. The number of piperidine rings is 1. The van der Waals surface area contributed by atoms with Crippen LogP contribution in [0.25, 0.3) is 0 Å². The molecule has 2 heterocycles. The molecule has 2 amide bonds. The SMILES string of the molecule is O=C(Nc1ccc(Cl)cc1Cl)N1CCC2(CC1)OCCO2. The van der Waals surface area contributed by atoms with Crippen LogP contribution in [-0.4, -0.2) is 43.0 Å². The number of anilines is 1. The van der Waals surface area contributed by atoms with Crippen molar-refractivity contribution in [3.8, 4) is 0 Å². The molecule has 2 fully saturated rings. The zero-order chi connectivity index (χ0) is 14.9. The first-order chi connectivity index (χ1) is 10.1. The van der Waals surface area contributed by atoms with E-state index < -0.39 is 5.79 Å². The van der Waals surface area contributed by atoms with Gasteiger partial charge in [0, 0.05) is 31.0 Å². The quantitative estimate of drug-likeness (QED) is 0.858. The zero-order valence-corrected chi connectivity index (χ0v) is 12.9. The van der Waals surface area contributed by atoms with Gasteiger partial charge in [-0.2, -0.15) is 0 Å². The molecule has 5 nitrogen and oxygen atoms in total. The van der Waals surface area contributed by atoms with E-state index in [2.05, 4.69) is 5.32 Å². The summed E-state index contributed by atoms with van der Waals surface area (Å²) in [6, 6.07) is 4.81. The fraction of sp³-hybridized carbons (Fsp3) is 0.500. The van der Waals surface area contributed by atoms with Crippen LogP contribution in [0, 0.1) is 0 Å². The lowest BCUT2D eigenvalue weighted by Gasteiger charge is -2.37. The van der Waals surface area contributed by atoms with Gasteiger partial charge in [-0.3, -0.25) is 0 Å². The van der Waals surface area contributed by atoms with Gasteiger partial charge in [-0.15, -0.1) is 0 Å². The van der Waals surface area contributed by atoms with Crippen LogP contribution in [0.3, 0.4) is 0 Å². The van der Waals surface area contributed by atoms with Gasteiger partial charge in [-0.25, -0.2) is 4.79 Å². The van der Waals surface area contributed by atoms with Crippen molar-refractivity contribution in [1.29, 1.82) is 0 Å². The number of likely N-dealkylation sites (tertiary alicyclic amines) is 1. The monoisotopic (exact) mass is 330 g/mol. The minimum atomic E-state index is -0.477. The van der Waals surface area contributed by atoms with E-state index in [1.807, 2.05) is 0 Å². The Bertz CT molecular complexity index is 537. The molecule has 0 aromatic heterocycles. The molecule has 1 spiro atoms. The molecule has 2 saturated heterocycles. The first kappa shape index (κ1) is 14.9. The molecule has 2 aliphatic heterocycles. The average molecular weight is 331 g/mol. The summed E-state index contributed by atoms with van der Waals surface area (Å²) in [7, 11) is 0. The van der Waals surface area contributed by atoms with Crippen LogP contribution in [0.1, 0.15) is 12.8 Å². The van der Waals surface area contributed by atoms with Crippen molar-refractivity contribution in [3.63, 3.8) is 0 Å². The third-order valence-corrected chi connectivity index (χ3v) is 4.35. The summed E-state index contributed by atoms with van der Waals surface area (Å²) in [5, 5.41) is 3.76. The predicted molar refractivity (Wildman–Crippen MR) is 80.9 cm³/mol. The molecule has 0 aliphatic carbocycles. The van der Waals surface area contributed by atoms with E-state index in [1.165, 1.54) is 0 Å². The molecule has 1 aromatic carbocycles. The number of benzene rings is 1. The number of ether oxygens (including phenoxy) is 2. The zero-order valence-electron chi connectivity index (χ0n) is 11.4. The Morgan fingerprint density at radius 2 is 1.86 bits per heavy atom. The Morgan fingerprint density at radius 1 is 1.19 bits per heavy atom. The number of hydrogen-bond acceptors (Lipinski definition) is 3. The molecule has 114 valence electrons. The van der Waals surface area contributed by atoms with E-state index in [-0.39, 0.29) is 6.03 Å². The summed E-state index contributed by atoms with van der Waals surface area (Å²) < 4.78 is 11.3. The molecule has 0 atom stereocenters. The van der Waals surface area contributed by atoms with E-state index in [0.717, 1.165) is 0 Å². The van der Waals surface area contributed by atoms with Crippen molar-refractivity contribution < 1.29 is 14.3 Å². The predicted octanol–water partition coefficient (Wildman–Crippen LogP) is 3.36. The van der Waals surface area contributed by atoms with Crippen LogP contribution in [0.4, 0.5) is 10.5 Å². The molecule has 21 heavy (non-hydrogen) atoms. The molecule has 0 bridgehead atoms. The normalized spacial score (nSPS) is 20.8. The van der Waals surface area contributed by atoms with Gasteiger partial charge in [0.2, 0.25) is 0 Å². The van der Waals surface area contributed by atoms with Crippen LogP contribution in [0.5, 0.6) is 0 Å². The Kier molecular flexibility index (Phi) is 4.26. The fourth-order valence-corrected chi connectivity index (χ4v) is 3.08. The standard InChI is InChI=1S/C14H16Cl2N2O3/c15-10-1-2-12(11(16)9-10)17-13(19)18-5-3-14(4-6-18)20-7-8-21-14/h1-2,9H,3-8H2,(H,17,19). The van der Waals surface area contributed by atoms with Gasteiger partial charge >= 0.3 is 6.03 Å². The maximum atomic E-state index is 12.2. The second-order valence-electron chi connectivity index (χ2n) is 5.15. The highest BCUT2D eigenvalue weighted by molar-refractivity contribution is 6.36. The summed E-state index contributed by atoms with van der Waals surface area (Å²) in [4.78, 5) is 14.0. The number of amides is 2. The summed E-state index contributed by atoms with van der Waals surface area (Å²) in [5.41, 5.74) is 0.555. The number of nitrogens with one attached hydrogen (secondary N) is 1. The summed E-state index contributed by atoms with van der Waals surface area (Å²) in [6.07, 6.45) is 1.38. The third kappa shape index (κ3) is 3.26. The highest BCUT2D eigenvalue weighted by atomic mass is 35.5. The molecule has 0 radical (unpaired) electrons. The first-order valence-electron chi connectivity index (χ1n) is 6.87. The van der Waals surface area contributed by atoms with Crippen molar-refractivity contribution in [3.05, 3.63) is 28.2 Å². The maximum Gasteiger partial charge on any atom is 0.321 e. The van der Waals surface area contributed by atoms with Gasteiger partial charge in [-0.1, -0.05) is 23.2 Å². The number of urea groups is 1. The first-order valence-corrected chi connectivity index (χ1v) is 7.62. The highest BCUT2D eigenvalue weighted by Gasteiger charge is 2.40. The minimum absolute atomic E-state index is 0.174. The fourth-order valence-electron chi connectivity index (χ4n) is 2.62. The Balaban J connectivity index is 1.59. The maximum absolute atomic E-state index is 12.2. The topological polar surface area (TPSA) is 50.8 Å². The van der Waals surface area contributed by atoms with Crippen LogP contribution < -0.4 is 5.32 Å². The molecule has 0 unspecified atom stereocenters. The lowest BCUT2D eigenvalue weighted by Crippen LogP contribution is -2.48. The van der Waals surface area contributed by atoms with Crippen molar-refractivity contribution in [2.24, 2.45) is 0 Å². The largest absolute Gasteiger partial charge is 0.347 e. The molecule has 1 N–H and O–H groups in total. The van der Waals surface area contributed by atoms with Crippen molar-refractivity contribution in [2.45, 2.75) is 18.6 Å². The highest BCUT2D eigenvalue weighted by Crippen LogP contribution is 2.32. The van der Waals surface area contributed by atoms with Crippen LogP contribution in [-0.2, 0) is 9.47 Å². The Morgan fingerprint density at radius 3 is 2.48 bits per heavy atom. The van der Waals surface area contributed by atoms with Gasteiger partial charge in [0.15, 0.2) is 5.79 Å². The smallest absolute Gasteiger partial charge is 0.321 e. The van der Waals surface area contributed by atoms with Gasteiger partial charge in [0.1, 0.15) is 0 Å². The molecule has 2 aliphatic rings. The molecule has 0 saturated carbocycles. The summed E-state index contributed by atoms with van der Waals surface area (Å²) >= 11 is 11.9. The number of rotatable bonds is 1. The molecular weight excluding hydrogens is 315 g/mol. The van der Waals surface area contributed by atoms with Crippen molar-refractivity contribution in [1.82, 2.24) is 4.90 Å². The summed E-state index contributed by atoms with van der Waals surface area (Å²) in [5.74, 6) is -0.477. The lowest BCUT2D eigenvalue weighted by atomic mass is 10.0. The van der Waals surface area contributed by atoms with Gasteiger partial charge in [-0.05, 0) is 18.2 Å². The van der Waals surface area contributed by atoms with Crippen LogP contribution in [0.2, 0.25) is 10.0 Å². The van der Waals surface area contributed by atoms with Gasteiger partial charge in [0.05, 0.1) is 23.9 Å². The van der Waals surface area contributed by atoms with Gasteiger partial charge in [0.25, 0.3) is 0 Å². The number of halogens is 2. The van der Waals surface area contributed by atoms with Crippen molar-refractivity contribution in [2.75, 3.05) is 31.6 Å². The Labute approximate surface area is 133 Å². The Hall–Kier alpha value is -1.01. The van der Waals surface area contributed by atoms with Crippen molar-refractivity contribution >= 4 is 34.9 Å². The molecule has 7 heteroatoms. The molecule has 3 rings (SSSR count). The number of carbonyl (C=O) groups is 1. The van der Waals surface area contributed by atoms with Crippen LogP contribution in [0.15, 0.2) is 18.2 Å². The second-order valence-corrected chi connectivity index (χ2v) is 5.99.